The Morgan fingerprint density at radius 3 is 2.17 bits per heavy atom. The van der Waals surface area contributed by atoms with Crippen molar-refractivity contribution >= 4 is 17.7 Å². The largest absolute Gasteiger partial charge is 0.497 e. The first-order valence-corrected chi connectivity index (χ1v) is 7.92. The van der Waals surface area contributed by atoms with Crippen LogP contribution in [0.3, 0.4) is 0 Å². The third kappa shape index (κ3) is 4.97. The predicted octanol–water partition coefficient (Wildman–Crippen LogP) is 0.392. The van der Waals surface area contributed by atoms with Crippen LogP contribution in [0.5, 0.6) is 5.75 Å². The molecule has 7 nitrogen and oxygen atoms in total. The van der Waals surface area contributed by atoms with Crippen LogP contribution in [0.2, 0.25) is 0 Å². The van der Waals surface area contributed by atoms with Crippen molar-refractivity contribution in [2.24, 2.45) is 0 Å². The summed E-state index contributed by atoms with van der Waals surface area (Å²) < 4.78 is 5.07. The second-order valence-corrected chi connectivity index (χ2v) is 5.69. The SMILES string of the molecule is COc1ccc(CNC(=O)CC(=O)N2CCN(C(C)=O)CC2)cc1. The van der Waals surface area contributed by atoms with Gasteiger partial charge in [-0.15, -0.1) is 0 Å². The number of nitrogens with one attached hydrogen (secondary N) is 1. The van der Waals surface area contributed by atoms with Crippen LogP contribution in [0.4, 0.5) is 0 Å². The summed E-state index contributed by atoms with van der Waals surface area (Å²) in [5.41, 5.74) is 0.937. The van der Waals surface area contributed by atoms with Crippen molar-refractivity contribution in [1.29, 1.82) is 0 Å². The van der Waals surface area contributed by atoms with Crippen LogP contribution in [0.25, 0.3) is 0 Å². The van der Waals surface area contributed by atoms with Gasteiger partial charge in [0.05, 0.1) is 7.11 Å². The van der Waals surface area contributed by atoms with E-state index in [0.29, 0.717) is 32.7 Å². The molecule has 0 saturated carbocycles. The number of rotatable bonds is 5. The number of methoxy groups -OCH3 is 1. The Bertz CT molecular complexity index is 592. The summed E-state index contributed by atoms with van der Waals surface area (Å²) in [4.78, 5) is 38.6. The topological polar surface area (TPSA) is 79.0 Å². The standard InChI is InChI=1S/C17H23N3O4/c1-13(21)19-7-9-20(10-8-19)17(23)11-16(22)18-12-14-3-5-15(24-2)6-4-14/h3-6H,7-12H2,1-2H3,(H,18,22). The smallest absolute Gasteiger partial charge is 0.232 e. The average Bonchev–Trinajstić information content (AvgIpc) is 2.60. The molecule has 1 aromatic rings. The van der Waals surface area contributed by atoms with Gasteiger partial charge >= 0.3 is 0 Å². The molecule has 1 aliphatic rings. The number of amides is 3. The van der Waals surface area contributed by atoms with Crippen molar-refractivity contribution < 1.29 is 19.1 Å². The van der Waals surface area contributed by atoms with E-state index in [1.54, 1.807) is 16.9 Å². The Labute approximate surface area is 141 Å². The minimum absolute atomic E-state index is 0.0133. The Balaban J connectivity index is 1.73. The van der Waals surface area contributed by atoms with Gasteiger partial charge in [0.1, 0.15) is 12.2 Å². The number of hydrogen-bond acceptors (Lipinski definition) is 4. The van der Waals surface area contributed by atoms with E-state index in [0.717, 1.165) is 11.3 Å². The van der Waals surface area contributed by atoms with E-state index in [1.807, 2.05) is 24.3 Å². The van der Waals surface area contributed by atoms with E-state index >= 15 is 0 Å². The predicted molar refractivity (Wildman–Crippen MR) is 88.3 cm³/mol. The van der Waals surface area contributed by atoms with Gasteiger partial charge in [-0.25, -0.2) is 0 Å². The molecule has 0 aliphatic carbocycles. The number of carbonyl (C=O) groups is 3. The van der Waals surface area contributed by atoms with E-state index in [2.05, 4.69) is 5.32 Å². The minimum atomic E-state index is -0.301. The molecular formula is C17H23N3O4. The van der Waals surface area contributed by atoms with Gasteiger partial charge in [-0.1, -0.05) is 12.1 Å². The summed E-state index contributed by atoms with van der Waals surface area (Å²) in [5.74, 6) is 0.263. The summed E-state index contributed by atoms with van der Waals surface area (Å²) in [6.07, 6.45) is -0.170. The molecule has 0 spiro atoms. The Hall–Kier alpha value is -2.57. The number of ether oxygens (including phenoxy) is 1. The van der Waals surface area contributed by atoms with Crippen LogP contribution in [-0.2, 0) is 20.9 Å². The van der Waals surface area contributed by atoms with Crippen LogP contribution in [0, 0.1) is 0 Å². The highest BCUT2D eigenvalue weighted by Gasteiger charge is 2.23. The van der Waals surface area contributed by atoms with Crippen molar-refractivity contribution in [1.82, 2.24) is 15.1 Å². The Kier molecular flexibility index (Phi) is 6.17. The molecule has 0 atom stereocenters. The van der Waals surface area contributed by atoms with Crippen LogP contribution in [0.15, 0.2) is 24.3 Å². The first-order valence-electron chi connectivity index (χ1n) is 7.92. The van der Waals surface area contributed by atoms with E-state index in [9.17, 15) is 14.4 Å². The molecule has 1 aromatic carbocycles. The maximum atomic E-state index is 12.1. The summed E-state index contributed by atoms with van der Waals surface area (Å²) in [7, 11) is 1.60. The summed E-state index contributed by atoms with van der Waals surface area (Å²) in [6, 6.07) is 7.37. The zero-order valence-electron chi connectivity index (χ0n) is 14.1. The van der Waals surface area contributed by atoms with Crippen LogP contribution in [0.1, 0.15) is 18.9 Å². The first-order chi connectivity index (χ1) is 11.5. The quantitative estimate of drug-likeness (QED) is 0.791. The van der Waals surface area contributed by atoms with Gasteiger partial charge in [0, 0.05) is 39.6 Å². The fourth-order valence-electron chi connectivity index (χ4n) is 2.53. The zero-order chi connectivity index (χ0) is 17.5. The molecule has 1 heterocycles. The van der Waals surface area contributed by atoms with E-state index < -0.39 is 0 Å². The molecule has 0 aromatic heterocycles. The number of piperazine rings is 1. The number of hydrogen-bond donors (Lipinski definition) is 1. The third-order valence-electron chi connectivity index (χ3n) is 4.04. The van der Waals surface area contributed by atoms with Crippen LogP contribution < -0.4 is 10.1 Å². The van der Waals surface area contributed by atoms with Crippen molar-refractivity contribution in [2.45, 2.75) is 19.9 Å². The van der Waals surface area contributed by atoms with Crippen molar-refractivity contribution in [3.05, 3.63) is 29.8 Å². The molecule has 1 fully saturated rings. The van der Waals surface area contributed by atoms with E-state index in [1.165, 1.54) is 6.92 Å². The van der Waals surface area contributed by atoms with Gasteiger partial charge in [0.2, 0.25) is 17.7 Å². The van der Waals surface area contributed by atoms with Crippen molar-refractivity contribution in [3.8, 4) is 5.75 Å². The molecule has 7 heteroatoms. The van der Waals surface area contributed by atoms with Gasteiger partial charge in [-0.3, -0.25) is 14.4 Å². The molecular weight excluding hydrogens is 310 g/mol. The summed E-state index contributed by atoms with van der Waals surface area (Å²) >= 11 is 0. The first kappa shape index (κ1) is 17.8. The molecule has 3 amide bonds. The zero-order valence-corrected chi connectivity index (χ0v) is 14.1. The lowest BCUT2D eigenvalue weighted by molar-refractivity contribution is -0.141. The lowest BCUT2D eigenvalue weighted by Crippen LogP contribution is -2.50. The molecule has 24 heavy (non-hydrogen) atoms. The fraction of sp³-hybridized carbons (Fsp3) is 0.471. The highest BCUT2D eigenvalue weighted by molar-refractivity contribution is 5.96. The molecule has 2 rings (SSSR count). The lowest BCUT2D eigenvalue weighted by Gasteiger charge is -2.34. The maximum Gasteiger partial charge on any atom is 0.232 e. The van der Waals surface area contributed by atoms with E-state index in [4.69, 9.17) is 4.74 Å². The Morgan fingerprint density at radius 1 is 1.04 bits per heavy atom. The number of benzene rings is 1. The van der Waals surface area contributed by atoms with Crippen LogP contribution >= 0.6 is 0 Å². The molecule has 1 saturated heterocycles. The second kappa shape index (κ2) is 8.33. The second-order valence-electron chi connectivity index (χ2n) is 5.69. The normalized spacial score (nSPS) is 14.2. The fourth-order valence-corrected chi connectivity index (χ4v) is 2.53. The lowest BCUT2D eigenvalue weighted by atomic mass is 10.2. The van der Waals surface area contributed by atoms with Gasteiger partial charge in [-0.2, -0.15) is 0 Å². The molecule has 130 valence electrons. The monoisotopic (exact) mass is 333 g/mol. The Morgan fingerprint density at radius 2 is 1.62 bits per heavy atom. The molecule has 0 bridgehead atoms. The van der Waals surface area contributed by atoms with E-state index in [-0.39, 0.29) is 24.1 Å². The van der Waals surface area contributed by atoms with Crippen LogP contribution in [-0.4, -0.2) is 60.8 Å². The van der Waals surface area contributed by atoms with Gasteiger partial charge in [-0.05, 0) is 17.7 Å². The van der Waals surface area contributed by atoms with Gasteiger partial charge in [0.15, 0.2) is 0 Å². The average molecular weight is 333 g/mol. The summed E-state index contributed by atoms with van der Waals surface area (Å²) in [6.45, 7) is 3.88. The molecule has 0 unspecified atom stereocenters. The van der Waals surface area contributed by atoms with Gasteiger partial charge < -0.3 is 19.9 Å². The molecule has 1 aliphatic heterocycles. The van der Waals surface area contributed by atoms with Crippen molar-refractivity contribution in [2.75, 3.05) is 33.3 Å². The van der Waals surface area contributed by atoms with Crippen molar-refractivity contribution in [3.63, 3.8) is 0 Å². The third-order valence-corrected chi connectivity index (χ3v) is 4.04. The minimum Gasteiger partial charge on any atom is -0.497 e. The summed E-state index contributed by atoms with van der Waals surface area (Å²) in [5, 5.41) is 2.74. The highest BCUT2D eigenvalue weighted by atomic mass is 16.5. The molecule has 1 N–H and O–H groups in total. The molecule has 0 radical (unpaired) electrons. The van der Waals surface area contributed by atoms with Gasteiger partial charge in [0.25, 0.3) is 0 Å². The number of carbonyl (C=O) groups excluding carboxylic acids is 3. The highest BCUT2D eigenvalue weighted by Crippen LogP contribution is 2.11. The maximum absolute atomic E-state index is 12.1. The number of nitrogens with zero attached hydrogens (tertiary/aromatic N) is 2.